The van der Waals surface area contributed by atoms with E-state index in [0.29, 0.717) is 12.3 Å². The van der Waals surface area contributed by atoms with Crippen molar-refractivity contribution in [2.24, 2.45) is 5.92 Å². The highest BCUT2D eigenvalue weighted by Crippen LogP contribution is 2.11. The maximum atomic E-state index is 9.56. The molecule has 0 aromatic heterocycles. The van der Waals surface area contributed by atoms with Crippen molar-refractivity contribution in [3.63, 3.8) is 0 Å². The molecular weight excluding hydrogens is 200 g/mol. The molecule has 0 aromatic carbocycles. The average Bonchev–Trinajstić information content (AvgIpc) is 2.21. The molecule has 0 amide bonds. The zero-order valence-electron chi connectivity index (χ0n) is 10.6. The highest BCUT2D eigenvalue weighted by atomic mass is 16.3. The number of aliphatic hydroxyl groups excluding tert-OH is 2. The normalized spacial score (nSPS) is 16.6. The average molecular weight is 224 g/mol. The lowest BCUT2D eigenvalue weighted by molar-refractivity contribution is 0.198. The molecule has 0 heterocycles. The number of rotatable bonds is 6. The van der Waals surface area contributed by atoms with E-state index in [1.54, 1.807) is 6.92 Å². The third-order valence-corrected chi connectivity index (χ3v) is 2.24. The van der Waals surface area contributed by atoms with Crippen LogP contribution in [0.3, 0.4) is 0 Å². The van der Waals surface area contributed by atoms with Crippen molar-refractivity contribution >= 4 is 0 Å². The van der Waals surface area contributed by atoms with Gasteiger partial charge in [0.15, 0.2) is 0 Å². The quantitative estimate of drug-likeness (QED) is 0.537. The van der Waals surface area contributed by atoms with Crippen LogP contribution in [0.4, 0.5) is 0 Å². The van der Waals surface area contributed by atoms with E-state index in [1.165, 1.54) is 6.42 Å². The molecule has 0 saturated carbocycles. The van der Waals surface area contributed by atoms with Gasteiger partial charge in [-0.3, -0.25) is 0 Å². The van der Waals surface area contributed by atoms with Gasteiger partial charge in [0.05, 0.1) is 0 Å². The minimum atomic E-state index is -0.658. The van der Waals surface area contributed by atoms with Crippen molar-refractivity contribution in [2.45, 2.75) is 58.7 Å². The van der Waals surface area contributed by atoms with Crippen molar-refractivity contribution in [3.05, 3.63) is 12.2 Å². The molecule has 0 fully saturated rings. The van der Waals surface area contributed by atoms with Gasteiger partial charge in [-0.15, -0.1) is 0 Å². The second-order valence-electron chi connectivity index (χ2n) is 4.32. The van der Waals surface area contributed by atoms with Crippen molar-refractivity contribution < 1.29 is 10.2 Å². The van der Waals surface area contributed by atoms with E-state index < -0.39 is 12.2 Å². The van der Waals surface area contributed by atoms with Gasteiger partial charge in [0.25, 0.3) is 0 Å². The molecule has 0 saturated heterocycles. The number of allylic oxidation sites excluding steroid dienone is 2. The van der Waals surface area contributed by atoms with Crippen LogP contribution in [0.15, 0.2) is 12.2 Å². The smallest absolute Gasteiger partial charge is 0.115 e. The van der Waals surface area contributed by atoms with Gasteiger partial charge in [-0.1, -0.05) is 44.3 Å². The summed E-state index contributed by atoms with van der Waals surface area (Å²) in [5.74, 6) is 5.63. The Morgan fingerprint density at radius 2 is 1.81 bits per heavy atom. The topological polar surface area (TPSA) is 40.5 Å². The van der Waals surface area contributed by atoms with Crippen molar-refractivity contribution in [2.75, 3.05) is 0 Å². The van der Waals surface area contributed by atoms with Gasteiger partial charge >= 0.3 is 0 Å². The molecule has 0 aromatic rings. The summed E-state index contributed by atoms with van der Waals surface area (Å²) in [4.78, 5) is 0. The summed E-state index contributed by atoms with van der Waals surface area (Å²) in [5.41, 5.74) is 0. The molecule has 3 unspecified atom stereocenters. The molecule has 0 aliphatic heterocycles. The first kappa shape index (κ1) is 15.2. The Morgan fingerprint density at radius 1 is 1.12 bits per heavy atom. The lowest BCUT2D eigenvalue weighted by Gasteiger charge is -2.10. The Labute approximate surface area is 99.4 Å². The molecule has 0 bridgehead atoms. The largest absolute Gasteiger partial charge is 0.381 e. The first-order chi connectivity index (χ1) is 7.56. The zero-order chi connectivity index (χ0) is 12.4. The predicted molar refractivity (Wildman–Crippen MR) is 67.9 cm³/mol. The molecule has 2 nitrogen and oxygen atoms in total. The molecule has 16 heavy (non-hydrogen) atoms. The minimum absolute atomic E-state index is 0.423. The minimum Gasteiger partial charge on any atom is -0.381 e. The molecule has 0 spiro atoms. The van der Waals surface area contributed by atoms with Crippen LogP contribution in [-0.2, 0) is 0 Å². The summed E-state index contributed by atoms with van der Waals surface area (Å²) >= 11 is 0. The zero-order valence-corrected chi connectivity index (χ0v) is 10.6. The van der Waals surface area contributed by atoms with E-state index in [9.17, 15) is 5.11 Å². The number of aliphatic hydroxyl groups is 2. The van der Waals surface area contributed by atoms with Gasteiger partial charge < -0.3 is 10.2 Å². The maximum absolute atomic E-state index is 9.56. The summed E-state index contributed by atoms with van der Waals surface area (Å²) in [6.07, 6.45) is 7.01. The second-order valence-corrected chi connectivity index (χ2v) is 4.32. The molecule has 2 heteroatoms. The van der Waals surface area contributed by atoms with Gasteiger partial charge in [0.2, 0.25) is 0 Å². The molecule has 0 radical (unpaired) electrons. The Bertz CT molecular complexity index is 245. The SMILES string of the molecule is CCC/C=C\CC(C)CC(O)C#CC(C)O. The van der Waals surface area contributed by atoms with Crippen LogP contribution in [0.5, 0.6) is 0 Å². The van der Waals surface area contributed by atoms with Crippen LogP contribution in [0.1, 0.15) is 46.5 Å². The Morgan fingerprint density at radius 3 is 2.38 bits per heavy atom. The highest BCUT2D eigenvalue weighted by Gasteiger charge is 2.06. The van der Waals surface area contributed by atoms with Crippen molar-refractivity contribution in [1.82, 2.24) is 0 Å². The third kappa shape index (κ3) is 9.76. The Balaban J connectivity index is 3.79. The molecule has 0 aliphatic rings. The van der Waals surface area contributed by atoms with E-state index in [2.05, 4.69) is 37.8 Å². The van der Waals surface area contributed by atoms with E-state index in [0.717, 1.165) is 12.8 Å². The monoisotopic (exact) mass is 224 g/mol. The summed E-state index contributed by atoms with van der Waals surface area (Å²) < 4.78 is 0. The van der Waals surface area contributed by atoms with E-state index in [4.69, 9.17) is 5.11 Å². The van der Waals surface area contributed by atoms with Gasteiger partial charge in [-0.25, -0.2) is 0 Å². The van der Waals surface area contributed by atoms with Gasteiger partial charge in [-0.05, 0) is 32.1 Å². The number of hydrogen-bond donors (Lipinski definition) is 2. The van der Waals surface area contributed by atoms with E-state index >= 15 is 0 Å². The summed E-state index contributed by atoms with van der Waals surface area (Å²) in [5, 5.41) is 18.5. The molecule has 0 aliphatic carbocycles. The van der Waals surface area contributed by atoms with Gasteiger partial charge in [0, 0.05) is 0 Å². The fraction of sp³-hybridized carbons (Fsp3) is 0.714. The van der Waals surface area contributed by atoms with Gasteiger partial charge in [-0.2, -0.15) is 0 Å². The number of hydrogen-bond acceptors (Lipinski definition) is 2. The molecule has 2 N–H and O–H groups in total. The molecule has 3 atom stereocenters. The van der Waals surface area contributed by atoms with Gasteiger partial charge in [0.1, 0.15) is 12.2 Å². The first-order valence-electron chi connectivity index (χ1n) is 6.08. The fourth-order valence-corrected chi connectivity index (χ4v) is 1.37. The lowest BCUT2D eigenvalue weighted by Crippen LogP contribution is -2.09. The molecule has 92 valence electrons. The summed E-state index contributed by atoms with van der Waals surface area (Å²) in [6.45, 7) is 5.85. The lowest BCUT2D eigenvalue weighted by atomic mass is 9.99. The van der Waals surface area contributed by atoms with Crippen LogP contribution in [0.2, 0.25) is 0 Å². The Kier molecular flexibility index (Phi) is 8.99. The fourth-order valence-electron chi connectivity index (χ4n) is 1.37. The second kappa shape index (κ2) is 9.45. The van der Waals surface area contributed by atoms with Crippen LogP contribution < -0.4 is 0 Å². The number of unbranched alkanes of at least 4 members (excludes halogenated alkanes) is 1. The molecular formula is C14H24O2. The molecule has 0 rings (SSSR count). The third-order valence-electron chi connectivity index (χ3n) is 2.24. The maximum Gasteiger partial charge on any atom is 0.115 e. The van der Waals surface area contributed by atoms with Crippen molar-refractivity contribution in [3.8, 4) is 11.8 Å². The van der Waals surface area contributed by atoms with E-state index in [-0.39, 0.29) is 0 Å². The van der Waals surface area contributed by atoms with Crippen LogP contribution in [0.25, 0.3) is 0 Å². The summed E-state index contributed by atoms with van der Waals surface area (Å²) in [6, 6.07) is 0. The van der Waals surface area contributed by atoms with Crippen LogP contribution in [0, 0.1) is 17.8 Å². The predicted octanol–water partition coefficient (Wildman–Crippen LogP) is 2.50. The first-order valence-corrected chi connectivity index (χ1v) is 6.08. The van der Waals surface area contributed by atoms with E-state index in [1.807, 2.05) is 0 Å². The van der Waals surface area contributed by atoms with Crippen molar-refractivity contribution in [1.29, 1.82) is 0 Å². The Hall–Kier alpha value is -0.780. The highest BCUT2D eigenvalue weighted by molar-refractivity contribution is 5.08. The summed E-state index contributed by atoms with van der Waals surface area (Å²) in [7, 11) is 0. The van der Waals surface area contributed by atoms with Crippen LogP contribution >= 0.6 is 0 Å². The standard InChI is InChI=1S/C14H24O2/c1-4-5-6-7-8-12(2)11-14(16)10-9-13(3)15/h6-7,12-16H,4-5,8,11H2,1-3H3/b7-6-. The van der Waals surface area contributed by atoms with Crippen LogP contribution in [-0.4, -0.2) is 22.4 Å².